The third-order valence-electron chi connectivity index (χ3n) is 3.81. The van der Waals surface area contributed by atoms with Gasteiger partial charge in [0.05, 0.1) is 17.1 Å². The van der Waals surface area contributed by atoms with Crippen LogP contribution in [-0.4, -0.2) is 15.6 Å². The molecule has 0 fully saturated rings. The Hall–Kier alpha value is -1.65. The van der Waals surface area contributed by atoms with Gasteiger partial charge in [0.25, 0.3) is 0 Å². The van der Waals surface area contributed by atoms with Crippen molar-refractivity contribution in [1.29, 1.82) is 0 Å². The van der Waals surface area contributed by atoms with E-state index in [-0.39, 0.29) is 12.1 Å². The number of aromatic nitrogens is 2. The Bertz CT molecular complexity index is 754. The summed E-state index contributed by atoms with van der Waals surface area (Å²) in [6, 6.07) is 12.9. The van der Waals surface area contributed by atoms with Gasteiger partial charge < -0.3 is 10.3 Å². The van der Waals surface area contributed by atoms with Gasteiger partial charge >= 0.3 is 0 Å². The summed E-state index contributed by atoms with van der Waals surface area (Å²) in [5.41, 5.74) is 8.56. The van der Waals surface area contributed by atoms with E-state index in [0.717, 1.165) is 17.8 Å². The van der Waals surface area contributed by atoms with Crippen LogP contribution in [0, 0.1) is 6.92 Å². The van der Waals surface area contributed by atoms with Crippen LogP contribution in [-0.2, 0) is 6.42 Å². The summed E-state index contributed by atoms with van der Waals surface area (Å²) in [7, 11) is 0. The first kappa shape index (κ1) is 14.3. The maximum atomic E-state index is 6.34. The molecule has 0 saturated heterocycles. The second-order valence-corrected chi connectivity index (χ2v) is 6.81. The first-order valence-corrected chi connectivity index (χ1v) is 8.21. The summed E-state index contributed by atoms with van der Waals surface area (Å²) in [6.07, 6.45) is 0.905. The first-order chi connectivity index (χ1) is 10.1. The Morgan fingerprint density at radius 3 is 2.62 bits per heavy atom. The molecule has 2 N–H and O–H groups in total. The molecule has 0 bridgehead atoms. The van der Waals surface area contributed by atoms with E-state index in [1.54, 1.807) is 0 Å². The van der Waals surface area contributed by atoms with E-state index in [1.165, 1.54) is 15.3 Å². The number of fused-ring (bicyclic) bond motifs is 1. The zero-order valence-corrected chi connectivity index (χ0v) is 13.5. The van der Waals surface area contributed by atoms with Crippen LogP contribution in [0.4, 0.5) is 0 Å². The third-order valence-corrected chi connectivity index (χ3v) is 4.89. The largest absolute Gasteiger partial charge is 0.326 e. The van der Waals surface area contributed by atoms with Crippen molar-refractivity contribution in [3.8, 4) is 0 Å². The van der Waals surface area contributed by atoms with Gasteiger partial charge in [-0.25, -0.2) is 4.98 Å². The lowest BCUT2D eigenvalue weighted by Gasteiger charge is -2.24. The van der Waals surface area contributed by atoms with Crippen LogP contribution < -0.4 is 5.73 Å². The van der Waals surface area contributed by atoms with Gasteiger partial charge in [-0.1, -0.05) is 19.1 Å². The number of nitrogens with zero attached hydrogens (tertiary/aromatic N) is 2. The quantitative estimate of drug-likeness (QED) is 0.794. The molecule has 110 valence electrons. The molecule has 0 aliphatic rings. The smallest absolute Gasteiger partial charge is 0.110 e. The SMILES string of the molecule is CCc1nc2ccccc2n1C(c1ccc(C)s1)C(C)N. The molecule has 2 atom stereocenters. The fraction of sp³-hybridized carbons (Fsp3) is 0.353. The van der Waals surface area contributed by atoms with Crippen molar-refractivity contribution in [2.24, 2.45) is 5.73 Å². The van der Waals surface area contributed by atoms with E-state index in [2.05, 4.69) is 55.7 Å². The molecular formula is C17H21N3S. The molecule has 21 heavy (non-hydrogen) atoms. The maximum absolute atomic E-state index is 6.34. The van der Waals surface area contributed by atoms with Gasteiger partial charge in [0, 0.05) is 22.2 Å². The van der Waals surface area contributed by atoms with E-state index < -0.39 is 0 Å². The zero-order chi connectivity index (χ0) is 15.0. The van der Waals surface area contributed by atoms with E-state index in [4.69, 9.17) is 10.7 Å². The molecule has 2 aromatic heterocycles. The van der Waals surface area contributed by atoms with Gasteiger partial charge in [0.15, 0.2) is 0 Å². The Labute approximate surface area is 129 Å². The van der Waals surface area contributed by atoms with Crippen LogP contribution in [0.2, 0.25) is 0 Å². The molecule has 4 heteroatoms. The van der Waals surface area contributed by atoms with Crippen LogP contribution in [0.25, 0.3) is 11.0 Å². The van der Waals surface area contributed by atoms with Crippen LogP contribution >= 0.6 is 11.3 Å². The second-order valence-electron chi connectivity index (χ2n) is 5.49. The van der Waals surface area contributed by atoms with E-state index in [1.807, 2.05) is 17.4 Å². The minimum absolute atomic E-state index is 0.0333. The summed E-state index contributed by atoms with van der Waals surface area (Å²) < 4.78 is 2.32. The number of rotatable bonds is 4. The topological polar surface area (TPSA) is 43.8 Å². The molecule has 3 nitrogen and oxygen atoms in total. The van der Waals surface area contributed by atoms with Gasteiger partial charge in [-0.05, 0) is 38.1 Å². The van der Waals surface area contributed by atoms with Crippen LogP contribution in [0.5, 0.6) is 0 Å². The fourth-order valence-electron chi connectivity index (χ4n) is 2.89. The highest BCUT2D eigenvalue weighted by atomic mass is 32.1. The molecule has 0 radical (unpaired) electrons. The van der Waals surface area contributed by atoms with Gasteiger partial charge in [-0.15, -0.1) is 11.3 Å². The van der Waals surface area contributed by atoms with Crippen molar-refractivity contribution in [3.05, 3.63) is 52.0 Å². The molecule has 2 heterocycles. The molecule has 0 spiro atoms. The number of imidazole rings is 1. The molecule has 0 saturated carbocycles. The van der Waals surface area contributed by atoms with Gasteiger partial charge in [-0.2, -0.15) is 0 Å². The predicted molar refractivity (Wildman–Crippen MR) is 90.0 cm³/mol. The third kappa shape index (κ3) is 2.49. The maximum Gasteiger partial charge on any atom is 0.110 e. The number of aryl methyl sites for hydroxylation is 2. The van der Waals surface area contributed by atoms with Crippen molar-refractivity contribution in [3.63, 3.8) is 0 Å². The van der Waals surface area contributed by atoms with E-state index in [0.29, 0.717) is 0 Å². The van der Waals surface area contributed by atoms with Crippen molar-refractivity contribution >= 4 is 22.4 Å². The lowest BCUT2D eigenvalue weighted by Crippen LogP contribution is -2.30. The molecule has 0 aliphatic heterocycles. The number of hydrogen-bond donors (Lipinski definition) is 1. The van der Waals surface area contributed by atoms with Crippen LogP contribution in [0.3, 0.4) is 0 Å². The standard InChI is InChI=1S/C17H21N3S/c1-4-16-19-13-7-5-6-8-14(13)20(16)17(12(3)18)15-10-9-11(2)21-15/h5-10,12,17H,4,18H2,1-3H3. The van der Waals surface area contributed by atoms with Gasteiger partial charge in [0.2, 0.25) is 0 Å². The highest BCUT2D eigenvalue weighted by Gasteiger charge is 2.24. The molecular weight excluding hydrogens is 278 g/mol. The average Bonchev–Trinajstić information content (AvgIpc) is 3.04. The van der Waals surface area contributed by atoms with Crippen LogP contribution in [0.1, 0.15) is 35.5 Å². The number of thiophene rings is 1. The number of para-hydroxylation sites is 2. The van der Waals surface area contributed by atoms with E-state index in [9.17, 15) is 0 Å². The highest BCUT2D eigenvalue weighted by molar-refractivity contribution is 7.12. The lowest BCUT2D eigenvalue weighted by molar-refractivity contribution is 0.499. The fourth-order valence-corrected chi connectivity index (χ4v) is 3.97. The molecule has 3 aromatic rings. The highest BCUT2D eigenvalue weighted by Crippen LogP contribution is 2.32. The number of benzene rings is 1. The first-order valence-electron chi connectivity index (χ1n) is 7.39. The Morgan fingerprint density at radius 1 is 1.24 bits per heavy atom. The Balaban J connectivity index is 2.24. The van der Waals surface area contributed by atoms with Crippen molar-refractivity contribution in [2.45, 2.75) is 39.3 Å². The average molecular weight is 299 g/mol. The van der Waals surface area contributed by atoms with Gasteiger partial charge in [0.1, 0.15) is 5.82 Å². The molecule has 1 aromatic carbocycles. The van der Waals surface area contributed by atoms with Crippen LogP contribution in [0.15, 0.2) is 36.4 Å². The Kier molecular flexibility index (Phi) is 3.83. The summed E-state index contributed by atoms with van der Waals surface area (Å²) in [5, 5.41) is 0. The second kappa shape index (κ2) is 5.62. The van der Waals surface area contributed by atoms with Crippen molar-refractivity contribution < 1.29 is 0 Å². The minimum atomic E-state index is 0.0333. The summed E-state index contributed by atoms with van der Waals surface area (Å²) in [6.45, 7) is 6.36. The van der Waals surface area contributed by atoms with Crippen molar-refractivity contribution in [2.75, 3.05) is 0 Å². The zero-order valence-electron chi connectivity index (χ0n) is 12.7. The van der Waals surface area contributed by atoms with Gasteiger partial charge in [-0.3, -0.25) is 0 Å². The normalized spacial score (nSPS) is 14.5. The summed E-state index contributed by atoms with van der Waals surface area (Å²) in [5.74, 6) is 1.10. The lowest BCUT2D eigenvalue weighted by atomic mass is 10.1. The Morgan fingerprint density at radius 2 is 2.00 bits per heavy atom. The predicted octanol–water partition coefficient (Wildman–Crippen LogP) is 3.91. The monoisotopic (exact) mass is 299 g/mol. The molecule has 2 unspecified atom stereocenters. The number of hydrogen-bond acceptors (Lipinski definition) is 3. The number of nitrogens with two attached hydrogens (primary N) is 1. The van der Waals surface area contributed by atoms with E-state index >= 15 is 0 Å². The molecule has 3 rings (SSSR count). The molecule has 0 amide bonds. The minimum Gasteiger partial charge on any atom is -0.326 e. The molecule has 0 aliphatic carbocycles. The summed E-state index contributed by atoms with van der Waals surface area (Å²) >= 11 is 1.82. The summed E-state index contributed by atoms with van der Waals surface area (Å²) in [4.78, 5) is 7.40. The van der Waals surface area contributed by atoms with Crippen molar-refractivity contribution in [1.82, 2.24) is 9.55 Å².